The molecule has 9 heteroatoms. The number of hydrogen-bond donors (Lipinski definition) is 0. The average molecular weight is 515 g/mol. The summed E-state index contributed by atoms with van der Waals surface area (Å²) in [5, 5.41) is 8.33. The van der Waals surface area contributed by atoms with Gasteiger partial charge in [0.15, 0.2) is 0 Å². The molecule has 0 unspecified atom stereocenters. The number of esters is 1. The van der Waals surface area contributed by atoms with Crippen molar-refractivity contribution in [3.8, 4) is 0 Å². The van der Waals surface area contributed by atoms with Gasteiger partial charge in [-0.25, -0.2) is 4.68 Å². The van der Waals surface area contributed by atoms with Crippen LogP contribution in [-0.4, -0.2) is 46.2 Å². The molecule has 0 aliphatic rings. The van der Waals surface area contributed by atoms with Crippen LogP contribution in [0.1, 0.15) is 57.1 Å². The Morgan fingerprint density at radius 3 is 2.62 bits per heavy atom. The summed E-state index contributed by atoms with van der Waals surface area (Å²) >= 11 is 3.96. The fourth-order valence-corrected chi connectivity index (χ4v) is 4.08. The molecule has 1 aromatic rings. The Balaban J connectivity index is 1.85. The minimum atomic E-state index is -0.107. The summed E-state index contributed by atoms with van der Waals surface area (Å²) in [6.45, 7) is 1.41. The van der Waals surface area contributed by atoms with Gasteiger partial charge in [-0.1, -0.05) is 37.3 Å². The van der Waals surface area contributed by atoms with Gasteiger partial charge in [0, 0.05) is 33.2 Å². The van der Waals surface area contributed by atoms with E-state index in [1.54, 1.807) is 0 Å². The number of aryl methyl sites for hydroxylation is 1. The molecule has 0 amide bonds. The van der Waals surface area contributed by atoms with Gasteiger partial charge in [0.25, 0.3) is 0 Å². The summed E-state index contributed by atoms with van der Waals surface area (Å²) in [4.78, 5) is 11.0. The van der Waals surface area contributed by atoms with Crippen LogP contribution in [0, 0.1) is 0 Å². The highest BCUT2D eigenvalue weighted by molar-refractivity contribution is 14.2. The molecule has 150 valence electrons. The Bertz CT molecular complexity index is 478. The van der Waals surface area contributed by atoms with Gasteiger partial charge in [-0.2, -0.15) is 11.8 Å². The van der Waals surface area contributed by atoms with Crippen molar-refractivity contribution in [2.75, 3.05) is 25.2 Å². The lowest BCUT2D eigenvalue weighted by atomic mass is 10.1. The SMILES string of the molecule is COC(=O)CCSCCCCCCCCCc1cn(CCOSI)nn1. The number of rotatable bonds is 17. The molecule has 0 N–H and O–H groups in total. The highest BCUT2D eigenvalue weighted by Crippen LogP contribution is 2.13. The van der Waals surface area contributed by atoms with Gasteiger partial charge in [0.05, 0.1) is 41.6 Å². The highest BCUT2D eigenvalue weighted by Gasteiger charge is 2.02. The number of nitrogens with zero attached hydrogens (tertiary/aromatic N) is 3. The number of carbonyl (C=O) groups excluding carboxylic acids is 1. The zero-order chi connectivity index (χ0) is 18.9. The van der Waals surface area contributed by atoms with Crippen LogP contribution in [0.3, 0.4) is 0 Å². The predicted molar refractivity (Wildman–Crippen MR) is 118 cm³/mol. The van der Waals surface area contributed by atoms with Crippen LogP contribution in [0.5, 0.6) is 0 Å². The zero-order valence-electron chi connectivity index (χ0n) is 15.5. The first-order valence-corrected chi connectivity index (χ1v) is 13.6. The third kappa shape index (κ3) is 13.2. The molecule has 0 saturated heterocycles. The van der Waals surface area contributed by atoms with Crippen molar-refractivity contribution >= 4 is 48.2 Å². The molecule has 1 heterocycles. The summed E-state index contributed by atoms with van der Waals surface area (Å²) in [5.74, 6) is 1.92. The first-order valence-electron chi connectivity index (χ1n) is 9.20. The fourth-order valence-electron chi connectivity index (χ4n) is 2.48. The number of unbranched alkanes of at least 4 members (excludes halogenated alkanes) is 6. The van der Waals surface area contributed by atoms with Crippen molar-refractivity contribution in [1.29, 1.82) is 0 Å². The van der Waals surface area contributed by atoms with Crippen LogP contribution in [-0.2, 0) is 26.7 Å². The van der Waals surface area contributed by atoms with E-state index in [2.05, 4.69) is 36.3 Å². The molecular formula is C17H30IN3O3S2. The topological polar surface area (TPSA) is 66.2 Å². The number of thioether (sulfide) groups is 1. The van der Waals surface area contributed by atoms with Crippen LogP contribution in [0.25, 0.3) is 0 Å². The van der Waals surface area contributed by atoms with Crippen LogP contribution in [0.15, 0.2) is 6.20 Å². The van der Waals surface area contributed by atoms with E-state index in [0.29, 0.717) is 13.0 Å². The van der Waals surface area contributed by atoms with E-state index in [-0.39, 0.29) is 5.97 Å². The predicted octanol–water partition coefficient (Wildman–Crippen LogP) is 4.86. The van der Waals surface area contributed by atoms with Crippen molar-refractivity contribution in [1.82, 2.24) is 15.0 Å². The van der Waals surface area contributed by atoms with E-state index in [4.69, 9.17) is 4.18 Å². The third-order valence-electron chi connectivity index (χ3n) is 3.93. The molecule has 0 spiro atoms. The maximum Gasteiger partial charge on any atom is 0.306 e. The Labute approximate surface area is 177 Å². The molecule has 1 aromatic heterocycles. The summed E-state index contributed by atoms with van der Waals surface area (Å²) in [6, 6.07) is 0. The molecule has 0 aromatic carbocycles. The number of aromatic nitrogens is 3. The molecule has 26 heavy (non-hydrogen) atoms. The lowest BCUT2D eigenvalue weighted by Crippen LogP contribution is -2.03. The summed E-state index contributed by atoms with van der Waals surface area (Å²) in [6.07, 6.45) is 12.5. The molecule has 0 aliphatic carbocycles. The summed E-state index contributed by atoms with van der Waals surface area (Å²) in [5.41, 5.74) is 1.08. The van der Waals surface area contributed by atoms with Crippen molar-refractivity contribution in [2.24, 2.45) is 0 Å². The molecule has 0 atom stereocenters. The second-order valence-corrected chi connectivity index (χ2v) is 8.69. The molecule has 0 bridgehead atoms. The molecule has 0 fully saturated rings. The Kier molecular flexibility index (Phi) is 15.8. The number of methoxy groups -OCH3 is 1. The lowest BCUT2D eigenvalue weighted by molar-refractivity contribution is -0.140. The van der Waals surface area contributed by atoms with Gasteiger partial charge in [0.1, 0.15) is 0 Å². The Hall–Kier alpha value is -0.000000000000000222. The third-order valence-corrected chi connectivity index (χ3v) is 6.02. The summed E-state index contributed by atoms with van der Waals surface area (Å²) in [7, 11) is 2.79. The molecule has 0 saturated carbocycles. The minimum Gasteiger partial charge on any atom is -0.469 e. The maximum absolute atomic E-state index is 11.0. The van der Waals surface area contributed by atoms with Gasteiger partial charge in [-0.05, 0) is 25.0 Å². The van der Waals surface area contributed by atoms with E-state index in [1.165, 1.54) is 61.3 Å². The van der Waals surface area contributed by atoms with E-state index in [9.17, 15) is 4.79 Å². The molecule has 0 radical (unpaired) electrons. The number of ether oxygens (including phenoxy) is 1. The molecule has 1 rings (SSSR count). The second-order valence-electron chi connectivity index (χ2n) is 6.02. The largest absolute Gasteiger partial charge is 0.469 e. The number of halogens is 1. The second kappa shape index (κ2) is 17.1. The van der Waals surface area contributed by atoms with E-state index < -0.39 is 0 Å². The molecule has 6 nitrogen and oxygen atoms in total. The average Bonchev–Trinajstić information content (AvgIpc) is 3.10. The molecule has 0 aliphatic heterocycles. The van der Waals surface area contributed by atoms with Gasteiger partial charge in [0.2, 0.25) is 0 Å². The van der Waals surface area contributed by atoms with Crippen LogP contribution >= 0.6 is 42.2 Å². The van der Waals surface area contributed by atoms with Gasteiger partial charge >= 0.3 is 5.97 Å². The number of carbonyl (C=O) groups is 1. The van der Waals surface area contributed by atoms with Crippen molar-refractivity contribution < 1.29 is 13.7 Å². The van der Waals surface area contributed by atoms with Crippen molar-refractivity contribution in [3.63, 3.8) is 0 Å². The van der Waals surface area contributed by atoms with Gasteiger partial charge < -0.3 is 8.92 Å². The first kappa shape index (κ1) is 24.0. The normalized spacial score (nSPS) is 11.0. The highest BCUT2D eigenvalue weighted by atomic mass is 127. The molecular weight excluding hydrogens is 485 g/mol. The smallest absolute Gasteiger partial charge is 0.306 e. The Morgan fingerprint density at radius 1 is 1.15 bits per heavy atom. The van der Waals surface area contributed by atoms with E-state index in [1.807, 2.05) is 22.6 Å². The van der Waals surface area contributed by atoms with E-state index >= 15 is 0 Å². The van der Waals surface area contributed by atoms with Crippen LogP contribution in [0.2, 0.25) is 0 Å². The van der Waals surface area contributed by atoms with Crippen molar-refractivity contribution in [3.05, 3.63) is 11.9 Å². The number of hydrogen-bond acceptors (Lipinski definition) is 7. The summed E-state index contributed by atoms with van der Waals surface area (Å²) < 4.78 is 11.7. The maximum atomic E-state index is 11.0. The van der Waals surface area contributed by atoms with Crippen molar-refractivity contribution in [2.45, 2.75) is 64.3 Å². The van der Waals surface area contributed by atoms with Gasteiger partial charge in [-0.15, -0.1) is 5.10 Å². The fraction of sp³-hybridized carbons (Fsp3) is 0.824. The first-order chi connectivity index (χ1) is 12.8. The van der Waals surface area contributed by atoms with Gasteiger partial charge in [-0.3, -0.25) is 4.79 Å². The van der Waals surface area contributed by atoms with Crippen LogP contribution < -0.4 is 0 Å². The minimum absolute atomic E-state index is 0.107. The lowest BCUT2D eigenvalue weighted by Gasteiger charge is -2.02. The van der Waals surface area contributed by atoms with E-state index in [0.717, 1.165) is 30.2 Å². The monoisotopic (exact) mass is 515 g/mol. The van der Waals surface area contributed by atoms with Crippen LogP contribution in [0.4, 0.5) is 0 Å². The zero-order valence-corrected chi connectivity index (χ0v) is 19.3. The Morgan fingerprint density at radius 2 is 1.88 bits per heavy atom. The quantitative estimate of drug-likeness (QED) is 0.127. The standard InChI is InChI=1S/C17H30IN3O3S2/c1-23-17(22)10-14-25-13-8-6-4-2-3-5-7-9-16-15-21(20-19-16)11-12-24-26-18/h15H,2-14H2,1H3.